The van der Waals surface area contributed by atoms with Gasteiger partial charge in [0.1, 0.15) is 5.69 Å². The number of hydrogen-bond donors (Lipinski definition) is 0. The molecule has 0 bridgehead atoms. The predicted octanol–water partition coefficient (Wildman–Crippen LogP) is -1.17. The van der Waals surface area contributed by atoms with E-state index >= 15 is 0 Å². The minimum Gasteiger partial charge on any atom is -0.383 e. The third-order valence-electron chi connectivity index (χ3n) is 4.92. The number of carbonyl (C=O) groups is 1. The summed E-state index contributed by atoms with van der Waals surface area (Å²) in [6, 6.07) is 2.85. The van der Waals surface area contributed by atoms with Gasteiger partial charge in [0.2, 0.25) is 0 Å². The molecule has 0 saturated carbocycles. The largest absolute Gasteiger partial charge is 0.383 e. The number of carbonyl (C=O) groups excluding carboxylic acids is 1. The first-order chi connectivity index (χ1) is 12.4. The molecule has 10 heteroatoms. The first kappa shape index (κ1) is 19.0. The summed E-state index contributed by atoms with van der Waals surface area (Å²) in [4.78, 5) is 28.3. The summed E-state index contributed by atoms with van der Waals surface area (Å²) in [6.45, 7) is 2.97. The van der Waals surface area contributed by atoms with Crippen molar-refractivity contribution in [2.45, 2.75) is 19.0 Å². The summed E-state index contributed by atoms with van der Waals surface area (Å²) in [6.07, 6.45) is 0.669. The molecular formula is C16H24N4O5S. The second-order valence-electron chi connectivity index (χ2n) is 6.66. The molecule has 2 fully saturated rings. The molecule has 3 rings (SSSR count). The van der Waals surface area contributed by atoms with Crippen LogP contribution < -0.4 is 5.56 Å². The van der Waals surface area contributed by atoms with Crippen LogP contribution in [0.1, 0.15) is 16.9 Å². The number of nitrogens with zero attached hydrogens (tertiary/aromatic N) is 4. The van der Waals surface area contributed by atoms with E-state index in [1.165, 1.54) is 23.9 Å². The van der Waals surface area contributed by atoms with Crippen molar-refractivity contribution in [1.29, 1.82) is 0 Å². The monoisotopic (exact) mass is 384 g/mol. The number of amides is 1. The average Bonchev–Trinajstić information content (AvgIpc) is 3.00. The molecule has 0 radical (unpaired) electrons. The smallest absolute Gasteiger partial charge is 0.274 e. The maximum absolute atomic E-state index is 12.7. The molecule has 1 aromatic rings. The van der Waals surface area contributed by atoms with Crippen molar-refractivity contribution in [2.75, 3.05) is 51.4 Å². The Morgan fingerprint density at radius 2 is 2.00 bits per heavy atom. The van der Waals surface area contributed by atoms with Crippen LogP contribution in [0.4, 0.5) is 0 Å². The molecule has 26 heavy (non-hydrogen) atoms. The van der Waals surface area contributed by atoms with E-state index in [1.54, 1.807) is 4.90 Å². The molecule has 0 unspecified atom stereocenters. The highest BCUT2D eigenvalue weighted by Crippen LogP contribution is 2.19. The summed E-state index contributed by atoms with van der Waals surface area (Å²) >= 11 is 0. The van der Waals surface area contributed by atoms with Gasteiger partial charge in [0.05, 0.1) is 24.7 Å². The molecule has 144 valence electrons. The maximum Gasteiger partial charge on any atom is 0.274 e. The second-order valence-corrected chi connectivity index (χ2v) is 8.89. The fourth-order valence-corrected chi connectivity index (χ4v) is 5.18. The van der Waals surface area contributed by atoms with Crippen molar-refractivity contribution in [3.8, 4) is 0 Å². The van der Waals surface area contributed by atoms with Crippen LogP contribution in [0.5, 0.6) is 0 Å². The molecular weight excluding hydrogens is 360 g/mol. The molecule has 0 aromatic carbocycles. The molecule has 1 aromatic heterocycles. The van der Waals surface area contributed by atoms with E-state index in [0.29, 0.717) is 45.8 Å². The van der Waals surface area contributed by atoms with Crippen LogP contribution in [-0.4, -0.2) is 91.3 Å². The lowest BCUT2D eigenvalue weighted by Crippen LogP contribution is -2.52. The lowest BCUT2D eigenvalue weighted by atomic mass is 10.2. The second kappa shape index (κ2) is 7.85. The first-order valence-electron chi connectivity index (χ1n) is 8.70. The molecule has 2 aliphatic rings. The van der Waals surface area contributed by atoms with Crippen LogP contribution in [0.2, 0.25) is 0 Å². The number of methoxy groups -OCH3 is 1. The van der Waals surface area contributed by atoms with Gasteiger partial charge in [-0.3, -0.25) is 14.5 Å². The van der Waals surface area contributed by atoms with Gasteiger partial charge in [0, 0.05) is 45.4 Å². The van der Waals surface area contributed by atoms with Gasteiger partial charge in [0.15, 0.2) is 9.84 Å². The summed E-state index contributed by atoms with van der Waals surface area (Å²) < 4.78 is 29.5. The molecule has 1 atom stereocenters. The van der Waals surface area contributed by atoms with Crippen molar-refractivity contribution >= 4 is 15.7 Å². The third kappa shape index (κ3) is 4.30. The zero-order valence-electron chi connectivity index (χ0n) is 14.8. The Balaban J connectivity index is 1.61. The van der Waals surface area contributed by atoms with E-state index in [4.69, 9.17) is 4.74 Å². The SMILES string of the molecule is COCCn1nc(C(=O)N2CCN([C@H]3CCS(=O)(=O)C3)CC2)ccc1=O. The molecule has 9 nitrogen and oxygen atoms in total. The van der Waals surface area contributed by atoms with Crippen molar-refractivity contribution in [1.82, 2.24) is 19.6 Å². The lowest BCUT2D eigenvalue weighted by Gasteiger charge is -2.37. The van der Waals surface area contributed by atoms with E-state index in [1.807, 2.05) is 0 Å². The van der Waals surface area contributed by atoms with Gasteiger partial charge in [0.25, 0.3) is 11.5 Å². The minimum atomic E-state index is -2.91. The minimum absolute atomic E-state index is 0.0614. The average molecular weight is 384 g/mol. The van der Waals surface area contributed by atoms with Crippen LogP contribution >= 0.6 is 0 Å². The fraction of sp³-hybridized carbons (Fsp3) is 0.688. The summed E-state index contributed by atoms with van der Waals surface area (Å²) in [5.74, 6) is 0.256. The zero-order chi connectivity index (χ0) is 18.7. The van der Waals surface area contributed by atoms with Gasteiger partial charge >= 0.3 is 0 Å². The number of hydrogen-bond acceptors (Lipinski definition) is 7. The van der Waals surface area contributed by atoms with E-state index in [-0.39, 0.29) is 34.7 Å². The van der Waals surface area contributed by atoms with E-state index in [2.05, 4.69) is 10.00 Å². The van der Waals surface area contributed by atoms with Crippen LogP contribution in [0, 0.1) is 0 Å². The Morgan fingerprint density at radius 3 is 2.62 bits per heavy atom. The van der Waals surface area contributed by atoms with Crippen molar-refractivity contribution in [2.24, 2.45) is 0 Å². The summed E-state index contributed by atoms with van der Waals surface area (Å²) in [5.41, 5.74) is -0.0385. The zero-order valence-corrected chi connectivity index (χ0v) is 15.7. The number of rotatable bonds is 5. The van der Waals surface area contributed by atoms with Gasteiger partial charge in [-0.15, -0.1) is 0 Å². The highest BCUT2D eigenvalue weighted by atomic mass is 32.2. The maximum atomic E-state index is 12.7. The lowest BCUT2D eigenvalue weighted by molar-refractivity contribution is 0.0579. The number of ether oxygens (including phenoxy) is 1. The standard InChI is InChI=1S/C16H24N4O5S/c1-25-10-9-20-15(21)3-2-14(17-20)16(22)19-7-5-18(6-8-19)13-4-11-26(23,24)12-13/h2-3,13H,4-12H2,1H3/t13-/m0/s1. The topological polar surface area (TPSA) is 102 Å². The van der Waals surface area contributed by atoms with Crippen molar-refractivity contribution in [3.05, 3.63) is 28.2 Å². The summed E-state index contributed by atoms with van der Waals surface area (Å²) in [7, 11) is -1.37. The Bertz CT molecular complexity index is 814. The number of aromatic nitrogens is 2. The molecule has 3 heterocycles. The van der Waals surface area contributed by atoms with Gasteiger partial charge in [-0.05, 0) is 12.5 Å². The first-order valence-corrected chi connectivity index (χ1v) is 10.5. The molecule has 2 saturated heterocycles. The van der Waals surface area contributed by atoms with Gasteiger partial charge in [-0.1, -0.05) is 0 Å². The van der Waals surface area contributed by atoms with Crippen molar-refractivity contribution < 1.29 is 17.9 Å². The number of piperazine rings is 1. The molecule has 2 aliphatic heterocycles. The molecule has 1 amide bonds. The fourth-order valence-electron chi connectivity index (χ4n) is 3.42. The summed E-state index contributed by atoms with van der Waals surface area (Å²) in [5, 5.41) is 4.14. The van der Waals surface area contributed by atoms with Gasteiger partial charge in [-0.2, -0.15) is 5.10 Å². The highest BCUT2D eigenvalue weighted by molar-refractivity contribution is 7.91. The number of sulfone groups is 1. The molecule has 0 N–H and O–H groups in total. The van der Waals surface area contributed by atoms with Crippen LogP contribution in [0.3, 0.4) is 0 Å². The van der Waals surface area contributed by atoms with E-state index < -0.39 is 9.84 Å². The van der Waals surface area contributed by atoms with Gasteiger partial charge < -0.3 is 9.64 Å². The predicted molar refractivity (Wildman–Crippen MR) is 94.9 cm³/mol. The van der Waals surface area contributed by atoms with E-state index in [0.717, 1.165) is 0 Å². The normalized spacial score (nSPS) is 23.3. The Kier molecular flexibility index (Phi) is 5.73. The Hall–Kier alpha value is -1.78. The van der Waals surface area contributed by atoms with E-state index in [9.17, 15) is 18.0 Å². The van der Waals surface area contributed by atoms with Crippen LogP contribution in [0.25, 0.3) is 0 Å². The third-order valence-corrected chi connectivity index (χ3v) is 6.67. The quantitative estimate of drug-likeness (QED) is 0.631. The van der Waals surface area contributed by atoms with Crippen molar-refractivity contribution in [3.63, 3.8) is 0 Å². The molecule has 0 spiro atoms. The molecule has 0 aliphatic carbocycles. The Labute approximate surface area is 152 Å². The highest BCUT2D eigenvalue weighted by Gasteiger charge is 2.34. The Morgan fingerprint density at radius 1 is 1.27 bits per heavy atom. The van der Waals surface area contributed by atoms with Gasteiger partial charge in [-0.25, -0.2) is 13.1 Å². The van der Waals surface area contributed by atoms with Crippen LogP contribution in [-0.2, 0) is 21.1 Å². The van der Waals surface area contributed by atoms with Crippen LogP contribution in [0.15, 0.2) is 16.9 Å².